The van der Waals surface area contributed by atoms with Gasteiger partial charge in [-0.25, -0.2) is 0 Å². The number of hydrogen-bond acceptors (Lipinski definition) is 1. The highest BCUT2D eigenvalue weighted by molar-refractivity contribution is 6.04. The Labute approximate surface area is 317 Å². The van der Waals surface area contributed by atoms with Gasteiger partial charge >= 0.3 is 0 Å². The molecule has 1 aliphatic carbocycles. The predicted molar refractivity (Wildman–Crippen MR) is 227 cm³/mol. The topological polar surface area (TPSA) is 3.24 Å². The maximum absolute atomic E-state index is 2.47. The Hall–Kier alpha value is -6.96. The molecule has 1 aliphatic rings. The fourth-order valence-corrected chi connectivity index (χ4v) is 8.80. The van der Waals surface area contributed by atoms with Gasteiger partial charge in [0.25, 0.3) is 0 Å². The van der Waals surface area contributed by atoms with Gasteiger partial charge < -0.3 is 4.90 Å². The van der Waals surface area contributed by atoms with Crippen LogP contribution >= 0.6 is 0 Å². The molecular weight excluding hydrogens is 651 g/mol. The van der Waals surface area contributed by atoms with E-state index >= 15 is 0 Å². The monoisotopic (exact) mass is 687 g/mol. The van der Waals surface area contributed by atoms with Crippen molar-refractivity contribution in [2.45, 2.75) is 5.41 Å². The van der Waals surface area contributed by atoms with E-state index in [9.17, 15) is 0 Å². The number of fused-ring (bicyclic) bond motifs is 5. The molecule has 0 bridgehead atoms. The molecular formula is C53H37N. The van der Waals surface area contributed by atoms with Gasteiger partial charge in [-0.05, 0) is 97.2 Å². The zero-order valence-electron chi connectivity index (χ0n) is 29.8. The van der Waals surface area contributed by atoms with Crippen molar-refractivity contribution in [3.63, 3.8) is 0 Å². The van der Waals surface area contributed by atoms with Gasteiger partial charge in [-0.1, -0.05) is 188 Å². The molecule has 0 fully saturated rings. The predicted octanol–water partition coefficient (Wildman–Crippen LogP) is 14.0. The average molecular weight is 688 g/mol. The van der Waals surface area contributed by atoms with Crippen molar-refractivity contribution >= 4 is 27.8 Å². The largest absolute Gasteiger partial charge is 0.310 e. The van der Waals surface area contributed by atoms with Crippen LogP contribution in [0.5, 0.6) is 0 Å². The third kappa shape index (κ3) is 5.09. The first kappa shape index (κ1) is 31.7. The fourth-order valence-electron chi connectivity index (χ4n) is 8.80. The summed E-state index contributed by atoms with van der Waals surface area (Å²) in [4.78, 5) is 2.39. The van der Waals surface area contributed by atoms with Crippen molar-refractivity contribution in [1.29, 1.82) is 0 Å². The number of para-hydroxylation sites is 2. The van der Waals surface area contributed by atoms with E-state index in [4.69, 9.17) is 0 Å². The molecule has 0 aliphatic heterocycles. The Balaban J connectivity index is 1.20. The number of benzene rings is 9. The van der Waals surface area contributed by atoms with Gasteiger partial charge in [-0.3, -0.25) is 0 Å². The van der Waals surface area contributed by atoms with E-state index in [1.165, 1.54) is 66.4 Å². The zero-order valence-corrected chi connectivity index (χ0v) is 29.8. The smallest absolute Gasteiger partial charge is 0.0714 e. The van der Waals surface area contributed by atoms with Crippen LogP contribution in [0.3, 0.4) is 0 Å². The molecule has 0 spiro atoms. The van der Waals surface area contributed by atoms with Gasteiger partial charge in [0, 0.05) is 16.9 Å². The molecule has 0 unspecified atom stereocenters. The molecule has 0 aromatic heterocycles. The molecule has 254 valence electrons. The van der Waals surface area contributed by atoms with Crippen molar-refractivity contribution < 1.29 is 0 Å². The summed E-state index contributed by atoms with van der Waals surface area (Å²) in [6, 6.07) is 81.9. The molecule has 1 nitrogen and oxygen atoms in total. The maximum atomic E-state index is 2.47. The van der Waals surface area contributed by atoms with E-state index in [1.54, 1.807) is 0 Å². The lowest BCUT2D eigenvalue weighted by Gasteiger charge is -2.34. The fraction of sp³-hybridized carbons (Fsp3) is 0.0189. The van der Waals surface area contributed by atoms with Crippen molar-refractivity contribution in [3.8, 4) is 33.4 Å². The van der Waals surface area contributed by atoms with Crippen LogP contribution in [-0.4, -0.2) is 0 Å². The molecule has 1 heteroatoms. The van der Waals surface area contributed by atoms with Crippen molar-refractivity contribution in [2.75, 3.05) is 4.90 Å². The van der Waals surface area contributed by atoms with Gasteiger partial charge in [0.05, 0.1) is 11.1 Å². The molecule has 0 heterocycles. The van der Waals surface area contributed by atoms with Gasteiger partial charge in [0.1, 0.15) is 0 Å². The second-order valence-corrected chi connectivity index (χ2v) is 14.1. The first-order valence-corrected chi connectivity index (χ1v) is 18.7. The van der Waals surface area contributed by atoms with Crippen LogP contribution in [0.25, 0.3) is 44.2 Å². The Kier molecular flexibility index (Phi) is 7.78. The second-order valence-electron chi connectivity index (χ2n) is 14.1. The van der Waals surface area contributed by atoms with Crippen molar-refractivity contribution in [1.82, 2.24) is 0 Å². The third-order valence-corrected chi connectivity index (χ3v) is 11.1. The van der Waals surface area contributed by atoms with Gasteiger partial charge in [0.15, 0.2) is 0 Å². The van der Waals surface area contributed by atoms with Gasteiger partial charge in [-0.2, -0.15) is 0 Å². The summed E-state index contributed by atoms with van der Waals surface area (Å²) in [7, 11) is 0. The SMILES string of the molecule is c1ccc(-c2ccccc2N(c2ccccc2)c2cccc(-c3ccc4c(c3)C(c3ccccc3)(c3ccccc3)c3ccc5ccccc5c3-4)c2)cc1. The molecule has 0 amide bonds. The van der Waals surface area contributed by atoms with Crippen LogP contribution in [0.4, 0.5) is 17.1 Å². The molecule has 54 heavy (non-hydrogen) atoms. The van der Waals surface area contributed by atoms with Crippen LogP contribution in [0, 0.1) is 0 Å². The lowest BCUT2D eigenvalue weighted by atomic mass is 9.67. The molecule has 10 rings (SSSR count). The molecule has 0 radical (unpaired) electrons. The Morgan fingerprint density at radius 2 is 0.907 bits per heavy atom. The van der Waals surface area contributed by atoms with Gasteiger partial charge in [-0.15, -0.1) is 0 Å². The van der Waals surface area contributed by atoms with Crippen LogP contribution in [0.1, 0.15) is 22.3 Å². The third-order valence-electron chi connectivity index (χ3n) is 11.1. The van der Waals surface area contributed by atoms with Crippen LogP contribution < -0.4 is 4.90 Å². The highest BCUT2D eigenvalue weighted by atomic mass is 15.1. The Morgan fingerprint density at radius 3 is 1.65 bits per heavy atom. The average Bonchev–Trinajstić information content (AvgIpc) is 3.56. The minimum atomic E-state index is -0.491. The number of hydrogen-bond donors (Lipinski definition) is 0. The van der Waals surface area contributed by atoms with Gasteiger partial charge in [0.2, 0.25) is 0 Å². The molecule has 9 aromatic rings. The number of anilines is 3. The van der Waals surface area contributed by atoms with E-state index in [1.807, 2.05) is 0 Å². The molecule has 0 atom stereocenters. The van der Waals surface area contributed by atoms with E-state index in [0.29, 0.717) is 0 Å². The number of rotatable bonds is 7. The van der Waals surface area contributed by atoms with Crippen molar-refractivity contribution in [3.05, 3.63) is 247 Å². The summed E-state index contributed by atoms with van der Waals surface area (Å²) in [5.41, 5.74) is 15.4. The first-order valence-electron chi connectivity index (χ1n) is 18.7. The normalized spacial score (nSPS) is 12.6. The summed E-state index contributed by atoms with van der Waals surface area (Å²) in [5, 5.41) is 2.54. The summed E-state index contributed by atoms with van der Waals surface area (Å²) >= 11 is 0. The summed E-state index contributed by atoms with van der Waals surface area (Å²) in [6.07, 6.45) is 0. The molecule has 0 saturated heterocycles. The minimum absolute atomic E-state index is 0.491. The highest BCUT2D eigenvalue weighted by Crippen LogP contribution is 2.58. The zero-order chi connectivity index (χ0) is 35.9. The Bertz CT molecular complexity index is 2710. The van der Waals surface area contributed by atoms with E-state index < -0.39 is 5.41 Å². The molecule has 9 aromatic carbocycles. The highest BCUT2D eigenvalue weighted by Gasteiger charge is 2.46. The van der Waals surface area contributed by atoms with Crippen LogP contribution in [0.15, 0.2) is 224 Å². The van der Waals surface area contributed by atoms with E-state index in [-0.39, 0.29) is 0 Å². The lowest BCUT2D eigenvalue weighted by Crippen LogP contribution is -2.28. The first-order chi connectivity index (χ1) is 26.8. The lowest BCUT2D eigenvalue weighted by molar-refractivity contribution is 0.769. The summed E-state index contributed by atoms with van der Waals surface area (Å²) in [5.74, 6) is 0. The van der Waals surface area contributed by atoms with E-state index in [2.05, 4.69) is 229 Å². The van der Waals surface area contributed by atoms with Crippen LogP contribution in [-0.2, 0) is 5.41 Å². The standard InChI is InChI=1S/C53H37N/c1-5-18-38(19-6-1)46-29-15-16-31-51(46)54(44-26-11-4-12-27-44)45-28-17-21-40(36-45)41-32-34-48-50(37-41)53(42-22-7-2-8-23-42,43-24-9-3-10-25-43)49-35-33-39-20-13-14-30-47(39)52(48)49/h1-37H. The minimum Gasteiger partial charge on any atom is -0.310 e. The molecule has 0 N–H and O–H groups in total. The second kappa shape index (κ2) is 13.2. The quantitative estimate of drug-likeness (QED) is 0.161. The van der Waals surface area contributed by atoms with Crippen molar-refractivity contribution in [2.24, 2.45) is 0 Å². The number of nitrogens with zero attached hydrogens (tertiary/aromatic N) is 1. The molecule has 0 saturated carbocycles. The summed E-state index contributed by atoms with van der Waals surface area (Å²) in [6.45, 7) is 0. The van der Waals surface area contributed by atoms with Crippen LogP contribution in [0.2, 0.25) is 0 Å². The van der Waals surface area contributed by atoms with E-state index in [0.717, 1.165) is 17.1 Å². The maximum Gasteiger partial charge on any atom is 0.0714 e. The summed E-state index contributed by atoms with van der Waals surface area (Å²) < 4.78 is 0. The Morgan fingerprint density at radius 1 is 0.333 bits per heavy atom.